The summed E-state index contributed by atoms with van der Waals surface area (Å²) in [6.45, 7) is 5.09. The van der Waals surface area contributed by atoms with Crippen molar-refractivity contribution < 1.29 is 4.79 Å². The molecule has 1 aromatic heterocycles. The lowest BCUT2D eigenvalue weighted by Crippen LogP contribution is -2.31. The number of anilines is 2. The maximum absolute atomic E-state index is 11.6. The van der Waals surface area contributed by atoms with E-state index >= 15 is 0 Å². The van der Waals surface area contributed by atoms with Gasteiger partial charge in [-0.1, -0.05) is 6.92 Å². The standard InChI is InChI=1S/C13H21N5O/c1-3-10-17-11(14-4-2)7-12(18-10)15-8-13(19)16-9-5-6-9/h7,9H,3-6,8H2,1-2H3,(H,16,19)(H2,14,15,17,18). The second-order valence-electron chi connectivity index (χ2n) is 4.63. The second-order valence-corrected chi connectivity index (χ2v) is 4.63. The van der Waals surface area contributed by atoms with Crippen molar-refractivity contribution in [3.63, 3.8) is 0 Å². The molecule has 0 radical (unpaired) electrons. The molecular formula is C13H21N5O. The molecule has 1 amide bonds. The number of carbonyl (C=O) groups is 1. The average Bonchev–Trinajstić information content (AvgIpc) is 3.20. The van der Waals surface area contributed by atoms with Crippen LogP contribution in [0.25, 0.3) is 0 Å². The van der Waals surface area contributed by atoms with E-state index in [2.05, 4.69) is 25.9 Å². The van der Waals surface area contributed by atoms with Crippen LogP contribution in [0.2, 0.25) is 0 Å². The van der Waals surface area contributed by atoms with Gasteiger partial charge in [-0.25, -0.2) is 9.97 Å². The molecule has 6 heteroatoms. The van der Waals surface area contributed by atoms with Crippen molar-refractivity contribution >= 4 is 17.5 Å². The lowest BCUT2D eigenvalue weighted by molar-refractivity contribution is -0.119. The van der Waals surface area contributed by atoms with E-state index in [9.17, 15) is 4.79 Å². The summed E-state index contributed by atoms with van der Waals surface area (Å²) in [5.41, 5.74) is 0. The third kappa shape index (κ3) is 4.39. The van der Waals surface area contributed by atoms with E-state index in [4.69, 9.17) is 0 Å². The highest BCUT2D eigenvalue weighted by Gasteiger charge is 2.22. The molecule has 0 saturated heterocycles. The number of rotatable bonds is 7. The predicted octanol–water partition coefficient (Wildman–Crippen LogP) is 1.16. The lowest BCUT2D eigenvalue weighted by Gasteiger charge is -2.10. The van der Waals surface area contributed by atoms with Crippen LogP contribution >= 0.6 is 0 Å². The molecule has 1 saturated carbocycles. The molecule has 19 heavy (non-hydrogen) atoms. The first-order chi connectivity index (χ1) is 9.21. The Kier molecular flexibility index (Phi) is 4.54. The molecule has 104 valence electrons. The number of nitrogens with zero attached hydrogens (tertiary/aromatic N) is 2. The molecular weight excluding hydrogens is 242 g/mol. The molecule has 0 spiro atoms. The monoisotopic (exact) mass is 263 g/mol. The van der Waals surface area contributed by atoms with Gasteiger partial charge in [-0.2, -0.15) is 0 Å². The van der Waals surface area contributed by atoms with Crippen LogP contribution in [0.15, 0.2) is 6.07 Å². The Bertz CT molecular complexity index is 445. The number of carbonyl (C=O) groups excluding carboxylic acids is 1. The molecule has 1 aliphatic carbocycles. The zero-order valence-corrected chi connectivity index (χ0v) is 11.5. The van der Waals surface area contributed by atoms with Crippen LogP contribution in [0.3, 0.4) is 0 Å². The molecule has 3 N–H and O–H groups in total. The summed E-state index contributed by atoms with van der Waals surface area (Å²) in [7, 11) is 0. The molecule has 0 aliphatic heterocycles. The van der Waals surface area contributed by atoms with Crippen LogP contribution in [-0.4, -0.2) is 35.0 Å². The minimum Gasteiger partial charge on any atom is -0.370 e. The SMILES string of the molecule is CCNc1cc(NCC(=O)NC2CC2)nc(CC)n1. The van der Waals surface area contributed by atoms with Gasteiger partial charge in [0.2, 0.25) is 5.91 Å². The maximum atomic E-state index is 11.6. The molecule has 1 fully saturated rings. The van der Waals surface area contributed by atoms with Crippen molar-refractivity contribution in [1.82, 2.24) is 15.3 Å². The Balaban J connectivity index is 1.93. The molecule has 2 rings (SSSR count). The summed E-state index contributed by atoms with van der Waals surface area (Å²) in [4.78, 5) is 20.3. The summed E-state index contributed by atoms with van der Waals surface area (Å²) in [5, 5.41) is 9.14. The van der Waals surface area contributed by atoms with Gasteiger partial charge < -0.3 is 16.0 Å². The summed E-state index contributed by atoms with van der Waals surface area (Å²) >= 11 is 0. The van der Waals surface area contributed by atoms with Gasteiger partial charge in [0.1, 0.15) is 17.5 Å². The fourth-order valence-corrected chi connectivity index (χ4v) is 1.69. The smallest absolute Gasteiger partial charge is 0.239 e. The van der Waals surface area contributed by atoms with Crippen LogP contribution in [0.4, 0.5) is 11.6 Å². The largest absolute Gasteiger partial charge is 0.370 e. The van der Waals surface area contributed by atoms with Crippen LogP contribution < -0.4 is 16.0 Å². The van der Waals surface area contributed by atoms with Gasteiger partial charge >= 0.3 is 0 Å². The summed E-state index contributed by atoms with van der Waals surface area (Å²) in [6.07, 6.45) is 2.97. The first kappa shape index (κ1) is 13.6. The van der Waals surface area contributed by atoms with Crippen LogP contribution in [0.5, 0.6) is 0 Å². The van der Waals surface area contributed by atoms with Gasteiger partial charge in [0.15, 0.2) is 0 Å². The molecule has 6 nitrogen and oxygen atoms in total. The minimum absolute atomic E-state index is 0.0177. The third-order valence-corrected chi connectivity index (χ3v) is 2.82. The fraction of sp³-hybridized carbons (Fsp3) is 0.615. The number of amides is 1. The zero-order chi connectivity index (χ0) is 13.7. The van der Waals surface area contributed by atoms with E-state index in [0.717, 1.165) is 37.4 Å². The quantitative estimate of drug-likeness (QED) is 0.688. The van der Waals surface area contributed by atoms with Crippen molar-refractivity contribution in [2.75, 3.05) is 23.7 Å². The minimum atomic E-state index is 0.0177. The Morgan fingerprint density at radius 2 is 1.95 bits per heavy atom. The maximum Gasteiger partial charge on any atom is 0.239 e. The van der Waals surface area contributed by atoms with Gasteiger partial charge in [0, 0.05) is 25.1 Å². The highest BCUT2D eigenvalue weighted by Crippen LogP contribution is 2.18. The molecule has 0 atom stereocenters. The number of hydrogen-bond donors (Lipinski definition) is 3. The Morgan fingerprint density at radius 3 is 2.53 bits per heavy atom. The molecule has 0 aromatic carbocycles. The van der Waals surface area contributed by atoms with E-state index in [1.165, 1.54) is 0 Å². The van der Waals surface area contributed by atoms with Crippen LogP contribution in [0, 0.1) is 0 Å². The number of aryl methyl sites for hydroxylation is 1. The van der Waals surface area contributed by atoms with Gasteiger partial charge in [0.25, 0.3) is 0 Å². The molecule has 0 unspecified atom stereocenters. The van der Waals surface area contributed by atoms with Crippen LogP contribution in [0.1, 0.15) is 32.5 Å². The highest BCUT2D eigenvalue weighted by molar-refractivity contribution is 5.81. The Morgan fingerprint density at radius 1 is 1.26 bits per heavy atom. The molecule has 1 heterocycles. The summed E-state index contributed by atoms with van der Waals surface area (Å²) in [6, 6.07) is 2.22. The van der Waals surface area contributed by atoms with Gasteiger partial charge in [0.05, 0.1) is 6.54 Å². The van der Waals surface area contributed by atoms with Gasteiger partial charge in [-0.3, -0.25) is 4.79 Å². The van der Waals surface area contributed by atoms with E-state index in [0.29, 0.717) is 11.9 Å². The summed E-state index contributed by atoms with van der Waals surface area (Å²) < 4.78 is 0. The van der Waals surface area contributed by atoms with Crippen molar-refractivity contribution in [3.8, 4) is 0 Å². The zero-order valence-electron chi connectivity index (χ0n) is 11.5. The van der Waals surface area contributed by atoms with Crippen molar-refractivity contribution in [3.05, 3.63) is 11.9 Å². The number of hydrogen-bond acceptors (Lipinski definition) is 5. The van der Waals surface area contributed by atoms with Crippen LogP contribution in [-0.2, 0) is 11.2 Å². The first-order valence-electron chi connectivity index (χ1n) is 6.86. The summed E-state index contributed by atoms with van der Waals surface area (Å²) in [5.74, 6) is 2.26. The fourth-order valence-electron chi connectivity index (χ4n) is 1.69. The molecule has 0 bridgehead atoms. The predicted molar refractivity (Wildman–Crippen MR) is 75.2 cm³/mol. The molecule has 1 aromatic rings. The highest BCUT2D eigenvalue weighted by atomic mass is 16.2. The van der Waals surface area contributed by atoms with E-state index in [1.807, 2.05) is 19.9 Å². The van der Waals surface area contributed by atoms with Gasteiger partial charge in [-0.05, 0) is 19.8 Å². The topological polar surface area (TPSA) is 78.9 Å². The second kappa shape index (κ2) is 6.36. The Labute approximate surface area is 113 Å². The van der Waals surface area contributed by atoms with Gasteiger partial charge in [-0.15, -0.1) is 0 Å². The number of nitrogens with one attached hydrogen (secondary N) is 3. The van der Waals surface area contributed by atoms with Crippen molar-refractivity contribution in [1.29, 1.82) is 0 Å². The third-order valence-electron chi connectivity index (χ3n) is 2.82. The average molecular weight is 263 g/mol. The van der Waals surface area contributed by atoms with E-state index in [1.54, 1.807) is 0 Å². The first-order valence-corrected chi connectivity index (χ1v) is 6.86. The van der Waals surface area contributed by atoms with E-state index < -0.39 is 0 Å². The molecule has 1 aliphatic rings. The lowest BCUT2D eigenvalue weighted by atomic mass is 10.4. The Hall–Kier alpha value is -1.85. The normalized spacial score (nSPS) is 14.0. The van der Waals surface area contributed by atoms with Crippen molar-refractivity contribution in [2.24, 2.45) is 0 Å². The number of aromatic nitrogens is 2. The van der Waals surface area contributed by atoms with E-state index in [-0.39, 0.29) is 12.5 Å². The van der Waals surface area contributed by atoms with Crippen molar-refractivity contribution in [2.45, 2.75) is 39.2 Å².